The SMILES string of the molecule is COC(=O)c1cc(=O)c2ccccc2c(=O)[nH]1. The maximum absolute atomic E-state index is 11.8. The highest BCUT2D eigenvalue weighted by atomic mass is 16.5. The van der Waals surface area contributed by atoms with Crippen LogP contribution < -0.4 is 11.0 Å². The number of aromatic amines is 1. The predicted molar refractivity (Wildman–Crippen MR) is 62.2 cm³/mol. The second kappa shape index (κ2) is 4.21. The number of aromatic nitrogens is 1. The Balaban J connectivity index is 2.94. The molecule has 0 saturated carbocycles. The molecule has 1 aromatic heterocycles. The maximum atomic E-state index is 11.8. The lowest BCUT2D eigenvalue weighted by Crippen LogP contribution is -2.10. The van der Waals surface area contributed by atoms with Crippen molar-refractivity contribution in [3.63, 3.8) is 0 Å². The first-order valence-electron chi connectivity index (χ1n) is 4.88. The Labute approximate surface area is 95.7 Å². The number of esters is 1. The highest BCUT2D eigenvalue weighted by Gasteiger charge is 2.09. The standard InChI is InChI=1S/C12H9NO4/c1-17-12(16)9-6-10(14)7-4-2-3-5-8(7)11(15)13-9/h2-6H,1H3,(H,13,15). The number of hydrogen-bond donors (Lipinski definition) is 1. The van der Waals surface area contributed by atoms with Crippen LogP contribution in [0.4, 0.5) is 0 Å². The summed E-state index contributed by atoms with van der Waals surface area (Å²) in [4.78, 5) is 37.2. The summed E-state index contributed by atoms with van der Waals surface area (Å²) in [5.74, 6) is -0.750. The fraction of sp³-hybridized carbons (Fsp3) is 0.0833. The molecule has 0 amide bonds. The number of H-pyrrole nitrogens is 1. The van der Waals surface area contributed by atoms with Crippen molar-refractivity contribution in [2.24, 2.45) is 0 Å². The van der Waals surface area contributed by atoms with Crippen molar-refractivity contribution in [1.82, 2.24) is 4.98 Å². The summed E-state index contributed by atoms with van der Waals surface area (Å²) >= 11 is 0. The van der Waals surface area contributed by atoms with E-state index in [4.69, 9.17) is 0 Å². The molecular weight excluding hydrogens is 222 g/mol. The number of benzene rings is 1. The summed E-state index contributed by atoms with van der Waals surface area (Å²) in [5, 5.41) is 0.511. The summed E-state index contributed by atoms with van der Waals surface area (Å²) in [7, 11) is 1.18. The van der Waals surface area contributed by atoms with Crippen LogP contribution in [0.2, 0.25) is 0 Å². The minimum atomic E-state index is -0.750. The van der Waals surface area contributed by atoms with E-state index in [1.165, 1.54) is 19.2 Å². The van der Waals surface area contributed by atoms with Gasteiger partial charge in [0.25, 0.3) is 5.56 Å². The van der Waals surface area contributed by atoms with Crippen molar-refractivity contribution < 1.29 is 9.53 Å². The van der Waals surface area contributed by atoms with E-state index in [2.05, 4.69) is 9.72 Å². The summed E-state index contributed by atoms with van der Waals surface area (Å²) < 4.78 is 4.47. The van der Waals surface area contributed by atoms with Crippen molar-refractivity contribution in [2.45, 2.75) is 0 Å². The Kier molecular flexibility index (Phi) is 2.74. The van der Waals surface area contributed by atoms with Crippen LogP contribution in [0.1, 0.15) is 10.5 Å². The average molecular weight is 231 g/mol. The van der Waals surface area contributed by atoms with Gasteiger partial charge in [-0.05, 0) is 6.07 Å². The lowest BCUT2D eigenvalue weighted by atomic mass is 10.2. The zero-order valence-electron chi connectivity index (χ0n) is 9.02. The molecule has 2 aromatic rings. The van der Waals surface area contributed by atoms with E-state index in [0.29, 0.717) is 0 Å². The van der Waals surface area contributed by atoms with Gasteiger partial charge in [0, 0.05) is 11.5 Å². The van der Waals surface area contributed by atoms with Gasteiger partial charge in [0.15, 0.2) is 5.43 Å². The second-order valence-electron chi connectivity index (χ2n) is 3.41. The van der Waals surface area contributed by atoms with Crippen LogP contribution in [0.3, 0.4) is 0 Å². The first kappa shape index (κ1) is 11.1. The summed E-state index contributed by atoms with van der Waals surface area (Å²) in [6.45, 7) is 0. The van der Waals surface area contributed by atoms with Crippen molar-refractivity contribution in [2.75, 3.05) is 7.11 Å². The molecule has 0 unspecified atom stereocenters. The molecule has 17 heavy (non-hydrogen) atoms. The fourth-order valence-corrected chi connectivity index (χ4v) is 1.55. The third-order valence-corrected chi connectivity index (χ3v) is 2.37. The topological polar surface area (TPSA) is 76.2 Å². The van der Waals surface area contributed by atoms with Crippen molar-refractivity contribution in [3.05, 3.63) is 56.6 Å². The Morgan fingerprint density at radius 3 is 2.47 bits per heavy atom. The lowest BCUT2D eigenvalue weighted by Gasteiger charge is -1.93. The monoisotopic (exact) mass is 231 g/mol. The van der Waals surface area contributed by atoms with E-state index in [9.17, 15) is 14.4 Å². The molecule has 0 bridgehead atoms. The first-order chi connectivity index (χ1) is 8.13. The molecule has 1 aromatic carbocycles. The van der Waals surface area contributed by atoms with E-state index < -0.39 is 17.0 Å². The van der Waals surface area contributed by atoms with Crippen LogP contribution in [-0.4, -0.2) is 18.1 Å². The normalized spacial score (nSPS) is 10.2. The molecule has 2 rings (SSSR count). The summed E-state index contributed by atoms with van der Waals surface area (Å²) in [6.07, 6.45) is 0. The molecule has 0 fully saturated rings. The highest BCUT2D eigenvalue weighted by molar-refractivity contribution is 5.89. The molecular formula is C12H9NO4. The van der Waals surface area contributed by atoms with Gasteiger partial charge in [-0.25, -0.2) is 4.79 Å². The average Bonchev–Trinajstić information content (AvgIpc) is 2.48. The molecule has 0 radical (unpaired) electrons. The van der Waals surface area contributed by atoms with Gasteiger partial charge < -0.3 is 9.72 Å². The fourth-order valence-electron chi connectivity index (χ4n) is 1.55. The molecule has 1 heterocycles. The van der Waals surface area contributed by atoms with Crippen molar-refractivity contribution in [1.29, 1.82) is 0 Å². The molecule has 0 aliphatic rings. The summed E-state index contributed by atoms with van der Waals surface area (Å²) in [6, 6.07) is 7.43. The van der Waals surface area contributed by atoms with Crippen molar-refractivity contribution in [3.8, 4) is 0 Å². The number of rotatable bonds is 1. The molecule has 86 valence electrons. The van der Waals surface area contributed by atoms with Gasteiger partial charge in [-0.1, -0.05) is 18.2 Å². The van der Waals surface area contributed by atoms with Crippen molar-refractivity contribution >= 4 is 16.7 Å². The third-order valence-electron chi connectivity index (χ3n) is 2.37. The van der Waals surface area contributed by atoms with E-state index in [-0.39, 0.29) is 16.5 Å². The van der Waals surface area contributed by atoms with Crippen LogP contribution in [0, 0.1) is 0 Å². The molecule has 0 aliphatic heterocycles. The minimum Gasteiger partial charge on any atom is -0.464 e. The first-order valence-corrected chi connectivity index (χ1v) is 4.88. The van der Waals surface area contributed by atoms with Gasteiger partial charge >= 0.3 is 5.97 Å². The van der Waals surface area contributed by atoms with E-state index in [0.717, 1.165) is 6.07 Å². The predicted octanol–water partition coefficient (Wildman–Crippen LogP) is 0.675. The number of ether oxygens (including phenoxy) is 1. The molecule has 5 heteroatoms. The molecule has 5 nitrogen and oxygen atoms in total. The van der Waals surface area contributed by atoms with Gasteiger partial charge in [-0.2, -0.15) is 0 Å². The number of carbonyl (C=O) groups is 1. The van der Waals surface area contributed by atoms with Gasteiger partial charge in [-0.15, -0.1) is 0 Å². The molecule has 0 saturated heterocycles. The smallest absolute Gasteiger partial charge is 0.354 e. The Hall–Kier alpha value is -2.43. The van der Waals surface area contributed by atoms with Crippen LogP contribution in [0.5, 0.6) is 0 Å². The number of fused-ring (bicyclic) bond motifs is 1. The van der Waals surface area contributed by atoms with Gasteiger partial charge in [0.2, 0.25) is 0 Å². The Morgan fingerprint density at radius 1 is 1.18 bits per heavy atom. The molecule has 1 N–H and O–H groups in total. The second-order valence-corrected chi connectivity index (χ2v) is 3.41. The quantitative estimate of drug-likeness (QED) is 0.732. The zero-order valence-corrected chi connectivity index (χ0v) is 9.02. The van der Waals surface area contributed by atoms with Gasteiger partial charge in [0.1, 0.15) is 5.69 Å². The van der Waals surface area contributed by atoms with E-state index in [1.807, 2.05) is 0 Å². The third kappa shape index (κ3) is 1.94. The highest BCUT2D eigenvalue weighted by Crippen LogP contribution is 2.03. The lowest BCUT2D eigenvalue weighted by molar-refractivity contribution is 0.0594. The molecule has 0 atom stereocenters. The Bertz CT molecular complexity index is 650. The van der Waals surface area contributed by atoms with E-state index >= 15 is 0 Å². The maximum Gasteiger partial charge on any atom is 0.354 e. The number of hydrogen-bond acceptors (Lipinski definition) is 4. The van der Waals surface area contributed by atoms with Gasteiger partial charge in [-0.3, -0.25) is 9.59 Å². The zero-order chi connectivity index (χ0) is 12.4. The Morgan fingerprint density at radius 2 is 1.82 bits per heavy atom. The van der Waals surface area contributed by atoms with Crippen LogP contribution in [-0.2, 0) is 4.74 Å². The van der Waals surface area contributed by atoms with Crippen LogP contribution in [0.25, 0.3) is 10.8 Å². The summed E-state index contributed by atoms with van der Waals surface area (Å²) in [5.41, 5.74) is -1.05. The minimum absolute atomic E-state index is 0.154. The number of carbonyl (C=O) groups excluding carboxylic acids is 1. The number of methoxy groups -OCH3 is 1. The van der Waals surface area contributed by atoms with E-state index in [1.54, 1.807) is 12.1 Å². The number of nitrogens with one attached hydrogen (secondary N) is 1. The molecule has 0 spiro atoms. The molecule has 0 aliphatic carbocycles. The largest absolute Gasteiger partial charge is 0.464 e. The van der Waals surface area contributed by atoms with Gasteiger partial charge in [0.05, 0.1) is 12.5 Å². The van der Waals surface area contributed by atoms with Crippen LogP contribution >= 0.6 is 0 Å². The van der Waals surface area contributed by atoms with Crippen LogP contribution in [0.15, 0.2) is 39.9 Å².